The Kier molecular flexibility index (Phi) is 8.18. The van der Waals surface area contributed by atoms with Gasteiger partial charge in [-0.1, -0.05) is 124 Å². The third-order valence-corrected chi connectivity index (χ3v) is 13.7. The van der Waals surface area contributed by atoms with Crippen LogP contribution in [0.2, 0.25) is 0 Å². The highest BCUT2D eigenvalue weighted by Gasteiger charge is 2.38. The zero-order valence-electron chi connectivity index (χ0n) is 32.5. The molecule has 0 bridgehead atoms. The minimum Gasteiger partial charge on any atom is -0.292 e. The Hall–Kier alpha value is -5.98. The third-order valence-electron chi connectivity index (χ3n) is 12.5. The maximum absolute atomic E-state index is 5.19. The summed E-state index contributed by atoms with van der Waals surface area (Å²) in [6, 6.07) is 41.4. The molecule has 4 aromatic heterocycles. The molecule has 278 valence electrons. The van der Waals surface area contributed by atoms with E-state index in [0.717, 1.165) is 46.3 Å². The van der Waals surface area contributed by atoms with Crippen LogP contribution in [-0.2, 0) is 6.42 Å². The molecule has 5 nitrogen and oxygen atoms in total. The smallest absolute Gasteiger partial charge is 0.164 e. The van der Waals surface area contributed by atoms with E-state index in [9.17, 15) is 0 Å². The molecule has 57 heavy (non-hydrogen) atoms. The van der Waals surface area contributed by atoms with E-state index < -0.39 is 0 Å². The second-order valence-corrected chi connectivity index (χ2v) is 17.5. The van der Waals surface area contributed by atoms with Gasteiger partial charge in [0, 0.05) is 38.5 Å². The van der Waals surface area contributed by atoms with Crippen molar-refractivity contribution in [3.05, 3.63) is 144 Å². The van der Waals surface area contributed by atoms with E-state index in [-0.39, 0.29) is 0 Å². The van der Waals surface area contributed by atoms with Crippen LogP contribution in [0.15, 0.2) is 128 Å². The molecule has 6 heteroatoms. The van der Waals surface area contributed by atoms with Crippen LogP contribution < -0.4 is 0 Å². The number of para-hydroxylation sites is 1. The highest BCUT2D eigenvalue weighted by molar-refractivity contribution is 7.21. The molecule has 1 saturated carbocycles. The molecule has 4 atom stereocenters. The number of aromatic nitrogens is 5. The van der Waals surface area contributed by atoms with Crippen molar-refractivity contribution < 1.29 is 0 Å². The Morgan fingerprint density at radius 2 is 1.47 bits per heavy atom. The van der Waals surface area contributed by atoms with Gasteiger partial charge in [0.2, 0.25) is 0 Å². The summed E-state index contributed by atoms with van der Waals surface area (Å²) in [6.07, 6.45) is 11.5. The first kappa shape index (κ1) is 34.3. The van der Waals surface area contributed by atoms with Gasteiger partial charge in [-0.2, -0.15) is 0 Å². The Morgan fingerprint density at radius 3 is 2.32 bits per heavy atom. The SMILES string of the molecule is CCC(C)CC1CC1c1ccc2cc(-c3nc(-c4ccccc4)nc(-c4ccnc(-n5c6ccccc6c6ccc7c8c(sc7c65)C=CC(C)C8)c4)n3)ccc2c1. The highest BCUT2D eigenvalue weighted by Crippen LogP contribution is 2.51. The Bertz CT molecular complexity index is 3050. The number of pyridine rings is 1. The lowest BCUT2D eigenvalue weighted by Crippen LogP contribution is -2.02. The van der Waals surface area contributed by atoms with E-state index in [1.165, 1.54) is 72.4 Å². The van der Waals surface area contributed by atoms with E-state index in [2.05, 4.69) is 128 Å². The molecule has 5 aromatic carbocycles. The molecule has 2 aliphatic rings. The zero-order valence-corrected chi connectivity index (χ0v) is 33.3. The van der Waals surface area contributed by atoms with Crippen LogP contribution in [0.4, 0.5) is 0 Å². The summed E-state index contributed by atoms with van der Waals surface area (Å²) in [5.74, 6) is 5.61. The van der Waals surface area contributed by atoms with E-state index in [1.54, 1.807) is 0 Å². The van der Waals surface area contributed by atoms with E-state index in [4.69, 9.17) is 19.9 Å². The van der Waals surface area contributed by atoms with E-state index >= 15 is 0 Å². The van der Waals surface area contributed by atoms with Crippen molar-refractivity contribution in [3.63, 3.8) is 0 Å². The minimum atomic E-state index is 0.531. The zero-order chi connectivity index (χ0) is 38.2. The number of hydrogen-bond acceptors (Lipinski definition) is 5. The van der Waals surface area contributed by atoms with Gasteiger partial charge in [0.05, 0.1) is 15.7 Å². The monoisotopic (exact) mass is 757 g/mol. The van der Waals surface area contributed by atoms with Crippen molar-refractivity contribution in [2.75, 3.05) is 0 Å². The van der Waals surface area contributed by atoms with Crippen LogP contribution in [0.5, 0.6) is 0 Å². The lowest BCUT2D eigenvalue weighted by Gasteiger charge is -2.12. The number of benzene rings is 5. The fraction of sp³-hybridized carbons (Fsp3) is 0.216. The van der Waals surface area contributed by atoms with E-state index in [0.29, 0.717) is 29.3 Å². The molecule has 0 N–H and O–H groups in total. The van der Waals surface area contributed by atoms with Gasteiger partial charge in [-0.25, -0.2) is 19.9 Å². The van der Waals surface area contributed by atoms with E-state index in [1.807, 2.05) is 41.8 Å². The maximum atomic E-state index is 5.19. The van der Waals surface area contributed by atoms with Gasteiger partial charge in [0.15, 0.2) is 17.5 Å². The molecule has 4 unspecified atom stereocenters. The van der Waals surface area contributed by atoms with Gasteiger partial charge in [-0.05, 0) is 101 Å². The maximum Gasteiger partial charge on any atom is 0.164 e. The second kappa shape index (κ2) is 13.6. The Balaban J connectivity index is 1.03. The number of rotatable bonds is 8. The number of fused-ring (bicyclic) bond motifs is 8. The summed E-state index contributed by atoms with van der Waals surface area (Å²) < 4.78 is 3.65. The van der Waals surface area contributed by atoms with Gasteiger partial charge < -0.3 is 0 Å². The van der Waals surface area contributed by atoms with Crippen molar-refractivity contribution >= 4 is 60.1 Å². The number of allylic oxidation sites excluding steroid dienone is 1. The third kappa shape index (κ3) is 5.97. The molecule has 0 saturated heterocycles. The summed E-state index contributed by atoms with van der Waals surface area (Å²) in [5.41, 5.74) is 8.08. The lowest BCUT2D eigenvalue weighted by molar-refractivity contribution is 0.476. The van der Waals surface area contributed by atoms with Gasteiger partial charge in [0.25, 0.3) is 0 Å². The van der Waals surface area contributed by atoms with Crippen LogP contribution in [0.1, 0.15) is 62.0 Å². The van der Waals surface area contributed by atoms with Crippen LogP contribution in [0.3, 0.4) is 0 Å². The lowest BCUT2D eigenvalue weighted by atomic mass is 9.93. The number of nitrogens with zero attached hydrogens (tertiary/aromatic N) is 5. The first-order chi connectivity index (χ1) is 28.0. The Morgan fingerprint density at radius 1 is 0.737 bits per heavy atom. The topological polar surface area (TPSA) is 56.5 Å². The summed E-state index contributed by atoms with van der Waals surface area (Å²) in [5, 5.41) is 6.26. The standard InChI is InChI=1S/C51H43N5S/c1-4-30(2)24-38-28-42(38)35-17-15-34-27-36(18-16-33(34)26-35)50-53-49(32-10-6-5-7-11-32)54-51(55-50)37-22-23-52-46(29-37)56-44-13-9-8-12-39(44)40-19-20-41-43-25-31(3)14-21-45(43)57-48(41)47(40)56/h5-23,26-27,29-31,38,42H,4,24-25,28H2,1-3H3. The normalized spacial score (nSPS) is 18.1. The average molecular weight is 758 g/mol. The molecular weight excluding hydrogens is 715 g/mol. The largest absolute Gasteiger partial charge is 0.292 e. The fourth-order valence-electron chi connectivity index (χ4n) is 9.16. The van der Waals surface area contributed by atoms with Gasteiger partial charge in [0.1, 0.15) is 5.82 Å². The molecule has 4 heterocycles. The van der Waals surface area contributed by atoms with Crippen LogP contribution in [0, 0.1) is 17.8 Å². The highest BCUT2D eigenvalue weighted by atomic mass is 32.1. The average Bonchev–Trinajstić information content (AvgIpc) is 3.80. The molecule has 1 fully saturated rings. The molecule has 0 aliphatic heterocycles. The van der Waals surface area contributed by atoms with Crippen molar-refractivity contribution in [1.29, 1.82) is 0 Å². The Labute approximate surface area is 336 Å². The first-order valence-corrected chi connectivity index (χ1v) is 21.3. The first-order valence-electron chi connectivity index (χ1n) is 20.5. The van der Waals surface area contributed by atoms with Gasteiger partial charge in [-0.3, -0.25) is 4.57 Å². The molecular formula is C51H43N5S. The fourth-order valence-corrected chi connectivity index (χ4v) is 10.4. The summed E-state index contributed by atoms with van der Waals surface area (Å²) in [4.78, 5) is 21.8. The summed E-state index contributed by atoms with van der Waals surface area (Å²) in [7, 11) is 0. The quantitative estimate of drug-likeness (QED) is 0.155. The van der Waals surface area contributed by atoms with Crippen molar-refractivity contribution in [3.8, 4) is 40.0 Å². The predicted molar refractivity (Wildman–Crippen MR) is 238 cm³/mol. The molecule has 9 aromatic rings. The van der Waals surface area contributed by atoms with Crippen LogP contribution in [0.25, 0.3) is 88.7 Å². The van der Waals surface area contributed by atoms with Crippen molar-refractivity contribution in [2.45, 2.75) is 52.4 Å². The molecule has 2 aliphatic carbocycles. The summed E-state index contributed by atoms with van der Waals surface area (Å²) in [6.45, 7) is 7.00. The molecule has 0 radical (unpaired) electrons. The second-order valence-electron chi connectivity index (χ2n) is 16.4. The number of hydrogen-bond donors (Lipinski definition) is 0. The summed E-state index contributed by atoms with van der Waals surface area (Å²) >= 11 is 1.90. The molecule has 0 spiro atoms. The van der Waals surface area contributed by atoms with Gasteiger partial charge >= 0.3 is 0 Å². The molecule has 0 amide bonds. The minimum absolute atomic E-state index is 0.531. The van der Waals surface area contributed by atoms with Gasteiger partial charge in [-0.15, -0.1) is 11.3 Å². The molecule has 11 rings (SSSR count). The van der Waals surface area contributed by atoms with Crippen molar-refractivity contribution in [2.24, 2.45) is 17.8 Å². The van der Waals surface area contributed by atoms with Crippen molar-refractivity contribution in [1.82, 2.24) is 24.5 Å². The number of thiophene rings is 1. The predicted octanol–water partition coefficient (Wildman–Crippen LogP) is 13.5. The van der Waals surface area contributed by atoms with Crippen LogP contribution >= 0.6 is 11.3 Å². The van der Waals surface area contributed by atoms with Crippen LogP contribution in [-0.4, -0.2) is 24.5 Å².